The summed E-state index contributed by atoms with van der Waals surface area (Å²) in [5.41, 5.74) is -0.295. The number of nitrogens with one attached hydrogen (secondary N) is 1. The molecule has 0 aliphatic heterocycles. The summed E-state index contributed by atoms with van der Waals surface area (Å²) in [5.74, 6) is 0.503. The normalized spacial score (nSPS) is 13.7. The molecule has 112 valence electrons. The lowest BCUT2D eigenvalue weighted by molar-refractivity contribution is -0.121. The molecule has 21 heavy (non-hydrogen) atoms. The van der Waals surface area contributed by atoms with E-state index in [0.717, 1.165) is 5.56 Å². The standard InChI is InChI=1S/C16H18ClNO3/c1-16(20,10-13-6-4-8-21-13)11-18-15(19)9-12-5-2-3-7-14(12)17/h2-8,20H,9-11H2,1H3,(H,18,19)/t16-/m0/s1. The van der Waals surface area contributed by atoms with Crippen LogP contribution in [0.1, 0.15) is 18.2 Å². The van der Waals surface area contributed by atoms with Gasteiger partial charge in [0, 0.05) is 18.0 Å². The highest BCUT2D eigenvalue weighted by molar-refractivity contribution is 6.31. The lowest BCUT2D eigenvalue weighted by Crippen LogP contribution is -2.42. The van der Waals surface area contributed by atoms with Crippen LogP contribution < -0.4 is 5.32 Å². The number of carbonyl (C=O) groups is 1. The zero-order chi connectivity index (χ0) is 15.3. The van der Waals surface area contributed by atoms with Crippen LogP contribution in [0.25, 0.3) is 0 Å². The van der Waals surface area contributed by atoms with Crippen LogP contribution in [0.2, 0.25) is 5.02 Å². The first-order valence-electron chi connectivity index (χ1n) is 6.71. The van der Waals surface area contributed by atoms with Crippen molar-refractivity contribution in [1.29, 1.82) is 0 Å². The van der Waals surface area contributed by atoms with E-state index in [1.807, 2.05) is 18.2 Å². The zero-order valence-electron chi connectivity index (χ0n) is 11.8. The van der Waals surface area contributed by atoms with Gasteiger partial charge in [0.2, 0.25) is 5.91 Å². The van der Waals surface area contributed by atoms with Crippen LogP contribution in [-0.2, 0) is 17.6 Å². The van der Waals surface area contributed by atoms with Gasteiger partial charge in [0.1, 0.15) is 5.76 Å². The fraction of sp³-hybridized carbons (Fsp3) is 0.312. The topological polar surface area (TPSA) is 62.5 Å². The van der Waals surface area contributed by atoms with Gasteiger partial charge >= 0.3 is 0 Å². The average molecular weight is 308 g/mol. The van der Waals surface area contributed by atoms with Gasteiger partial charge in [0.25, 0.3) is 0 Å². The van der Waals surface area contributed by atoms with Crippen molar-refractivity contribution in [3.8, 4) is 0 Å². The number of hydrogen-bond donors (Lipinski definition) is 2. The second-order valence-electron chi connectivity index (χ2n) is 5.30. The molecule has 0 aliphatic carbocycles. The molecule has 0 saturated carbocycles. The van der Waals surface area contributed by atoms with E-state index in [1.54, 1.807) is 31.4 Å². The fourth-order valence-electron chi connectivity index (χ4n) is 2.02. The molecule has 0 fully saturated rings. The highest BCUT2D eigenvalue weighted by Gasteiger charge is 2.23. The molecule has 1 heterocycles. The molecule has 0 unspecified atom stereocenters. The summed E-state index contributed by atoms with van der Waals surface area (Å²) in [6.07, 6.45) is 2.09. The van der Waals surface area contributed by atoms with E-state index in [0.29, 0.717) is 17.2 Å². The number of benzene rings is 1. The predicted octanol–water partition coefficient (Wildman–Crippen LogP) is 2.59. The van der Waals surface area contributed by atoms with Gasteiger partial charge < -0.3 is 14.8 Å². The smallest absolute Gasteiger partial charge is 0.224 e. The number of rotatable bonds is 6. The summed E-state index contributed by atoms with van der Waals surface area (Å²) in [7, 11) is 0. The first kappa shape index (κ1) is 15.6. The molecule has 1 amide bonds. The van der Waals surface area contributed by atoms with E-state index in [2.05, 4.69) is 5.32 Å². The third kappa shape index (κ3) is 4.92. The summed E-state index contributed by atoms with van der Waals surface area (Å²) in [6, 6.07) is 10.8. The Morgan fingerprint density at radius 3 is 2.76 bits per heavy atom. The van der Waals surface area contributed by atoms with Crippen LogP contribution in [-0.4, -0.2) is 23.2 Å². The number of carbonyl (C=O) groups excluding carboxylic acids is 1. The van der Waals surface area contributed by atoms with Gasteiger partial charge in [-0.25, -0.2) is 0 Å². The molecule has 2 N–H and O–H groups in total. The van der Waals surface area contributed by atoms with Gasteiger partial charge in [-0.1, -0.05) is 29.8 Å². The number of halogens is 1. The fourth-order valence-corrected chi connectivity index (χ4v) is 2.22. The van der Waals surface area contributed by atoms with Crippen molar-refractivity contribution in [2.75, 3.05) is 6.54 Å². The van der Waals surface area contributed by atoms with Crippen molar-refractivity contribution in [3.05, 3.63) is 59.0 Å². The predicted molar refractivity (Wildman–Crippen MR) is 81.2 cm³/mol. The van der Waals surface area contributed by atoms with Crippen molar-refractivity contribution < 1.29 is 14.3 Å². The van der Waals surface area contributed by atoms with Gasteiger partial charge in [-0.2, -0.15) is 0 Å². The number of aliphatic hydroxyl groups is 1. The number of amides is 1. The number of furan rings is 1. The molecule has 0 saturated heterocycles. The van der Waals surface area contributed by atoms with E-state index in [-0.39, 0.29) is 18.9 Å². The molecule has 1 aromatic heterocycles. The quantitative estimate of drug-likeness (QED) is 0.862. The summed E-state index contributed by atoms with van der Waals surface area (Å²) < 4.78 is 5.20. The van der Waals surface area contributed by atoms with E-state index in [4.69, 9.17) is 16.0 Å². The maximum Gasteiger partial charge on any atom is 0.224 e. The molecule has 2 rings (SSSR count). The van der Waals surface area contributed by atoms with Crippen LogP contribution in [0.4, 0.5) is 0 Å². The Bertz CT molecular complexity index is 593. The first-order chi connectivity index (χ1) is 9.96. The molecule has 0 aliphatic rings. The Morgan fingerprint density at radius 2 is 2.10 bits per heavy atom. The second kappa shape index (κ2) is 6.78. The minimum atomic E-state index is -1.06. The van der Waals surface area contributed by atoms with E-state index >= 15 is 0 Å². The Balaban J connectivity index is 1.84. The van der Waals surface area contributed by atoms with Gasteiger partial charge in [0.05, 0.1) is 18.3 Å². The Labute approximate surface area is 128 Å². The lowest BCUT2D eigenvalue weighted by Gasteiger charge is -2.22. The molecule has 5 heteroatoms. The van der Waals surface area contributed by atoms with Crippen molar-refractivity contribution in [2.24, 2.45) is 0 Å². The van der Waals surface area contributed by atoms with Crippen LogP contribution in [0, 0.1) is 0 Å². The monoisotopic (exact) mass is 307 g/mol. The summed E-state index contributed by atoms with van der Waals surface area (Å²) in [6.45, 7) is 1.81. The third-order valence-electron chi connectivity index (χ3n) is 3.11. The summed E-state index contributed by atoms with van der Waals surface area (Å²) >= 11 is 6.01. The largest absolute Gasteiger partial charge is 0.469 e. The molecule has 1 aromatic carbocycles. The SMILES string of the molecule is C[C@@](O)(CNC(=O)Cc1ccccc1Cl)Cc1ccco1. The highest BCUT2D eigenvalue weighted by Crippen LogP contribution is 2.16. The average Bonchev–Trinajstić information content (AvgIpc) is 2.91. The van der Waals surface area contributed by atoms with Crippen LogP contribution >= 0.6 is 11.6 Å². The highest BCUT2D eigenvalue weighted by atomic mass is 35.5. The molecule has 0 spiro atoms. The van der Waals surface area contributed by atoms with Gasteiger partial charge in [-0.3, -0.25) is 4.79 Å². The minimum absolute atomic E-state index is 0.150. The molecule has 1 atom stereocenters. The molecule has 0 radical (unpaired) electrons. The maximum atomic E-state index is 11.9. The van der Waals surface area contributed by atoms with Gasteiger partial charge in [-0.05, 0) is 30.7 Å². The summed E-state index contributed by atoms with van der Waals surface area (Å²) in [5, 5.41) is 13.5. The summed E-state index contributed by atoms with van der Waals surface area (Å²) in [4.78, 5) is 11.9. The van der Waals surface area contributed by atoms with Gasteiger partial charge in [-0.15, -0.1) is 0 Å². The van der Waals surface area contributed by atoms with Crippen molar-refractivity contribution in [1.82, 2.24) is 5.32 Å². The van der Waals surface area contributed by atoms with Gasteiger partial charge in [0.15, 0.2) is 0 Å². The van der Waals surface area contributed by atoms with Crippen molar-refractivity contribution in [2.45, 2.75) is 25.4 Å². The van der Waals surface area contributed by atoms with Crippen LogP contribution in [0.15, 0.2) is 47.1 Å². The van der Waals surface area contributed by atoms with Crippen LogP contribution in [0.3, 0.4) is 0 Å². The lowest BCUT2D eigenvalue weighted by atomic mass is 10.0. The van der Waals surface area contributed by atoms with Crippen molar-refractivity contribution >= 4 is 17.5 Å². The third-order valence-corrected chi connectivity index (χ3v) is 3.48. The Morgan fingerprint density at radius 1 is 1.33 bits per heavy atom. The van der Waals surface area contributed by atoms with E-state index in [9.17, 15) is 9.90 Å². The minimum Gasteiger partial charge on any atom is -0.469 e. The van der Waals surface area contributed by atoms with E-state index < -0.39 is 5.60 Å². The molecule has 0 bridgehead atoms. The molecule has 4 nitrogen and oxygen atoms in total. The Kier molecular flexibility index (Phi) is 5.04. The second-order valence-corrected chi connectivity index (χ2v) is 5.71. The molecular formula is C16H18ClNO3. The first-order valence-corrected chi connectivity index (χ1v) is 7.09. The zero-order valence-corrected chi connectivity index (χ0v) is 12.6. The Hall–Kier alpha value is -1.78. The van der Waals surface area contributed by atoms with Crippen LogP contribution in [0.5, 0.6) is 0 Å². The number of hydrogen-bond acceptors (Lipinski definition) is 3. The molecular weight excluding hydrogens is 290 g/mol. The maximum absolute atomic E-state index is 11.9. The van der Waals surface area contributed by atoms with E-state index in [1.165, 1.54) is 0 Å². The van der Waals surface area contributed by atoms with Crippen molar-refractivity contribution in [3.63, 3.8) is 0 Å². The molecule has 2 aromatic rings.